The van der Waals surface area contributed by atoms with Crippen molar-refractivity contribution < 1.29 is 19.8 Å². The Balaban J connectivity index is 1.72. The molecule has 1 aliphatic rings. The second-order valence-electron chi connectivity index (χ2n) is 7.92. The summed E-state index contributed by atoms with van der Waals surface area (Å²) in [5.74, 6) is -1.88. The number of benzene rings is 3. The van der Waals surface area contributed by atoms with Gasteiger partial charge >= 0.3 is 5.91 Å². The van der Waals surface area contributed by atoms with Gasteiger partial charge in [-0.25, -0.2) is 4.98 Å². The van der Waals surface area contributed by atoms with E-state index < -0.39 is 17.7 Å². The Labute approximate surface area is 204 Å². The van der Waals surface area contributed by atoms with Gasteiger partial charge in [0.25, 0.3) is 5.78 Å². The van der Waals surface area contributed by atoms with E-state index in [1.165, 1.54) is 34.4 Å². The number of fused-ring (bicyclic) bond motifs is 1. The highest BCUT2D eigenvalue weighted by molar-refractivity contribution is 7.22. The van der Waals surface area contributed by atoms with Crippen molar-refractivity contribution in [2.45, 2.75) is 19.4 Å². The molecule has 3 aromatic carbocycles. The minimum Gasteiger partial charge on any atom is -0.508 e. The number of aryl methyl sites for hydroxylation is 1. The Morgan fingerprint density at radius 2 is 1.85 bits per heavy atom. The summed E-state index contributed by atoms with van der Waals surface area (Å²) in [6.45, 7) is 2.06. The number of phenols is 1. The number of amides is 1. The predicted octanol–water partition coefficient (Wildman–Crippen LogP) is 5.84. The molecule has 4 aromatic rings. The van der Waals surface area contributed by atoms with Crippen LogP contribution in [0.1, 0.15) is 29.7 Å². The van der Waals surface area contributed by atoms with Gasteiger partial charge in [0.05, 0.1) is 21.8 Å². The van der Waals surface area contributed by atoms with E-state index in [1.54, 1.807) is 30.3 Å². The predicted molar refractivity (Wildman–Crippen MR) is 133 cm³/mol. The first-order valence-corrected chi connectivity index (χ1v) is 11.8. The second kappa shape index (κ2) is 8.59. The Morgan fingerprint density at radius 1 is 1.09 bits per heavy atom. The smallest absolute Gasteiger partial charge is 0.301 e. The molecule has 0 radical (unpaired) electrons. The van der Waals surface area contributed by atoms with Crippen LogP contribution in [0.4, 0.5) is 5.13 Å². The number of hydrogen-bond donors (Lipinski definition) is 2. The first-order chi connectivity index (χ1) is 16.4. The van der Waals surface area contributed by atoms with Gasteiger partial charge in [-0.3, -0.25) is 14.5 Å². The maximum atomic E-state index is 13.3. The van der Waals surface area contributed by atoms with Crippen LogP contribution in [0.3, 0.4) is 0 Å². The molecule has 5 rings (SSSR count). The molecule has 170 valence electrons. The van der Waals surface area contributed by atoms with Gasteiger partial charge in [0.2, 0.25) is 0 Å². The summed E-state index contributed by atoms with van der Waals surface area (Å²) in [7, 11) is 0. The van der Waals surface area contributed by atoms with Crippen molar-refractivity contribution in [3.05, 3.63) is 94.0 Å². The minimum atomic E-state index is -0.925. The number of ketones is 1. The van der Waals surface area contributed by atoms with Gasteiger partial charge in [0, 0.05) is 10.6 Å². The van der Waals surface area contributed by atoms with Gasteiger partial charge in [-0.15, -0.1) is 0 Å². The van der Waals surface area contributed by atoms with Crippen molar-refractivity contribution in [2.24, 2.45) is 0 Å². The maximum absolute atomic E-state index is 13.3. The summed E-state index contributed by atoms with van der Waals surface area (Å²) in [5.41, 5.74) is 2.67. The fourth-order valence-corrected chi connectivity index (χ4v) is 5.32. The summed E-state index contributed by atoms with van der Waals surface area (Å²) >= 11 is 7.40. The van der Waals surface area contributed by atoms with Crippen molar-refractivity contribution in [2.75, 3.05) is 4.90 Å². The summed E-state index contributed by atoms with van der Waals surface area (Å²) < 4.78 is 0.899. The van der Waals surface area contributed by atoms with Gasteiger partial charge in [0.15, 0.2) is 5.13 Å². The highest BCUT2D eigenvalue weighted by Gasteiger charge is 2.48. The van der Waals surface area contributed by atoms with E-state index in [0.717, 1.165) is 22.2 Å². The number of aromatic hydroxyl groups is 1. The van der Waals surface area contributed by atoms with Crippen molar-refractivity contribution in [1.82, 2.24) is 4.98 Å². The standard InChI is InChI=1S/C26H19ClN2O4S/c1-2-14-6-11-19-20(12-14)34-26(28-19)29-22(15-7-9-18(30)10-8-15)21(24(32)25(29)33)23(31)16-4-3-5-17(27)13-16/h3-13,22,30-31H,2H2,1H3/b23-21+. The number of rotatable bonds is 4. The zero-order chi connectivity index (χ0) is 24.0. The average molecular weight is 491 g/mol. The van der Waals surface area contributed by atoms with E-state index >= 15 is 0 Å². The third-order valence-electron chi connectivity index (χ3n) is 5.81. The molecule has 1 unspecified atom stereocenters. The second-order valence-corrected chi connectivity index (χ2v) is 9.37. The lowest BCUT2D eigenvalue weighted by Crippen LogP contribution is -2.29. The first kappa shape index (κ1) is 22.1. The van der Waals surface area contributed by atoms with Gasteiger partial charge < -0.3 is 10.2 Å². The zero-order valence-corrected chi connectivity index (χ0v) is 19.6. The topological polar surface area (TPSA) is 90.7 Å². The number of carbonyl (C=O) groups excluding carboxylic acids is 2. The van der Waals surface area contributed by atoms with Crippen molar-refractivity contribution in [3.8, 4) is 5.75 Å². The summed E-state index contributed by atoms with van der Waals surface area (Å²) in [6, 6.07) is 17.6. The highest BCUT2D eigenvalue weighted by atomic mass is 35.5. The van der Waals surface area contributed by atoms with Crippen LogP contribution in [0.5, 0.6) is 5.75 Å². The fraction of sp³-hybridized carbons (Fsp3) is 0.115. The molecule has 0 aliphatic carbocycles. The van der Waals surface area contributed by atoms with Crippen molar-refractivity contribution in [3.63, 3.8) is 0 Å². The number of nitrogens with zero attached hydrogens (tertiary/aromatic N) is 2. The van der Waals surface area contributed by atoms with Crippen LogP contribution in [0.2, 0.25) is 5.02 Å². The Bertz CT molecular complexity index is 1480. The summed E-state index contributed by atoms with van der Waals surface area (Å²) in [5, 5.41) is 21.7. The number of aliphatic hydroxyl groups excluding tert-OH is 1. The highest BCUT2D eigenvalue weighted by Crippen LogP contribution is 2.44. The number of phenolic OH excluding ortho intramolecular Hbond substituents is 1. The van der Waals surface area contributed by atoms with Crippen molar-refractivity contribution >= 4 is 55.7 Å². The number of thiazole rings is 1. The van der Waals surface area contributed by atoms with E-state index in [-0.39, 0.29) is 17.1 Å². The van der Waals surface area contributed by atoms with E-state index in [2.05, 4.69) is 11.9 Å². The molecule has 34 heavy (non-hydrogen) atoms. The molecule has 1 aliphatic heterocycles. The molecule has 1 amide bonds. The molecule has 1 saturated heterocycles. The van der Waals surface area contributed by atoms with Gasteiger partial charge in [0.1, 0.15) is 11.5 Å². The molecule has 1 atom stereocenters. The van der Waals surface area contributed by atoms with Gasteiger partial charge in [-0.1, -0.05) is 60.2 Å². The summed E-state index contributed by atoms with van der Waals surface area (Å²) in [4.78, 5) is 32.5. The van der Waals surface area contributed by atoms with Crippen LogP contribution in [-0.2, 0) is 16.0 Å². The zero-order valence-electron chi connectivity index (χ0n) is 18.0. The number of carbonyl (C=O) groups is 2. The average Bonchev–Trinajstić information content (AvgIpc) is 3.37. The fourth-order valence-electron chi connectivity index (χ4n) is 4.07. The monoisotopic (exact) mass is 490 g/mol. The molecule has 6 nitrogen and oxygen atoms in total. The third-order valence-corrected chi connectivity index (χ3v) is 7.06. The lowest BCUT2D eigenvalue weighted by atomic mass is 9.95. The van der Waals surface area contributed by atoms with Gasteiger partial charge in [-0.05, 0) is 53.9 Å². The molecule has 0 saturated carbocycles. The van der Waals surface area contributed by atoms with Crippen LogP contribution in [0.15, 0.2) is 72.3 Å². The van der Waals surface area contributed by atoms with Crippen LogP contribution < -0.4 is 4.90 Å². The van der Waals surface area contributed by atoms with E-state index in [4.69, 9.17) is 11.6 Å². The molecule has 1 aromatic heterocycles. The quantitative estimate of drug-likeness (QED) is 0.213. The SMILES string of the molecule is CCc1ccc2nc(N3C(=O)C(=O)/C(=C(/O)c4cccc(Cl)c4)C3c3ccc(O)cc3)sc2c1. The lowest BCUT2D eigenvalue weighted by Gasteiger charge is -2.23. The molecular weight excluding hydrogens is 472 g/mol. The Morgan fingerprint density at radius 3 is 2.56 bits per heavy atom. The molecule has 8 heteroatoms. The van der Waals surface area contributed by atoms with Gasteiger partial charge in [-0.2, -0.15) is 0 Å². The Hall–Kier alpha value is -3.68. The van der Waals surface area contributed by atoms with E-state index in [1.807, 2.05) is 18.2 Å². The first-order valence-electron chi connectivity index (χ1n) is 10.6. The van der Waals surface area contributed by atoms with Crippen LogP contribution in [0.25, 0.3) is 16.0 Å². The number of aromatic nitrogens is 1. The van der Waals surface area contributed by atoms with Crippen LogP contribution in [0, 0.1) is 0 Å². The molecule has 1 fully saturated rings. The number of Topliss-reactive ketones (excluding diaryl/α,β-unsaturated/α-hetero) is 1. The Kier molecular flexibility index (Phi) is 5.59. The normalized spacial score (nSPS) is 17.6. The number of hydrogen-bond acceptors (Lipinski definition) is 6. The van der Waals surface area contributed by atoms with E-state index in [9.17, 15) is 19.8 Å². The molecule has 0 bridgehead atoms. The molecular formula is C26H19ClN2O4S. The van der Waals surface area contributed by atoms with Crippen LogP contribution >= 0.6 is 22.9 Å². The number of anilines is 1. The summed E-state index contributed by atoms with van der Waals surface area (Å²) in [6.07, 6.45) is 0.862. The molecule has 2 N–H and O–H groups in total. The number of halogens is 1. The minimum absolute atomic E-state index is 0.0441. The molecule has 2 heterocycles. The maximum Gasteiger partial charge on any atom is 0.301 e. The lowest BCUT2D eigenvalue weighted by molar-refractivity contribution is -0.132. The third kappa shape index (κ3) is 3.73. The van der Waals surface area contributed by atoms with Crippen molar-refractivity contribution in [1.29, 1.82) is 0 Å². The number of aliphatic hydroxyl groups is 1. The molecule has 0 spiro atoms. The van der Waals surface area contributed by atoms with E-state index in [0.29, 0.717) is 21.3 Å². The largest absolute Gasteiger partial charge is 0.508 e. The van der Waals surface area contributed by atoms with Crippen LogP contribution in [-0.4, -0.2) is 26.9 Å².